The van der Waals surface area contributed by atoms with Gasteiger partial charge in [0.25, 0.3) is 0 Å². The Kier molecular flexibility index (Phi) is 7.89. The van der Waals surface area contributed by atoms with Crippen molar-refractivity contribution in [2.45, 2.75) is 0 Å². The Morgan fingerprint density at radius 3 is 1.58 bits per heavy atom. The van der Waals surface area contributed by atoms with Gasteiger partial charge in [0.2, 0.25) is 0 Å². The van der Waals surface area contributed by atoms with Gasteiger partial charge < -0.3 is 9.32 Å². The summed E-state index contributed by atoms with van der Waals surface area (Å²) in [5.41, 5.74) is 12.0. The lowest BCUT2D eigenvalue weighted by atomic mass is 9.92. The standard InChI is InChI=1S/C58H37NO/c1-2-18-44-39(14-1)15-12-25-45(44)41-16-11-17-42(36-41)46-19-7-9-26-54(46)59(55-27-13-29-57-58(55)52-24-8-10-28-56(52)60-57)43-33-30-38(31-34-43)40-32-35-51-49-22-4-3-20-47(49)48-21-5-6-23-50(48)53(51)37-40/h1-37H. The zero-order chi connectivity index (χ0) is 39.6. The molecule has 0 bridgehead atoms. The van der Waals surface area contributed by atoms with E-state index in [1.165, 1.54) is 65.3 Å². The van der Waals surface area contributed by atoms with Crippen molar-refractivity contribution < 1.29 is 4.42 Å². The van der Waals surface area contributed by atoms with Gasteiger partial charge in [-0.15, -0.1) is 0 Å². The fraction of sp³-hybridized carbons (Fsp3) is 0. The molecule has 0 fully saturated rings. The Labute approximate surface area is 347 Å². The number of rotatable bonds is 6. The predicted molar refractivity (Wildman–Crippen MR) is 255 cm³/mol. The van der Waals surface area contributed by atoms with Gasteiger partial charge in [-0.05, 0) is 119 Å². The second-order valence-corrected chi connectivity index (χ2v) is 15.6. The maximum Gasteiger partial charge on any atom is 0.137 e. The van der Waals surface area contributed by atoms with E-state index < -0.39 is 0 Å². The molecule has 1 aromatic heterocycles. The molecule has 0 spiro atoms. The Bertz CT molecular complexity index is 3570. The van der Waals surface area contributed by atoms with Crippen LogP contribution >= 0.6 is 0 Å². The largest absolute Gasteiger partial charge is 0.456 e. The lowest BCUT2D eigenvalue weighted by Crippen LogP contribution is -2.11. The van der Waals surface area contributed by atoms with Gasteiger partial charge in [-0.2, -0.15) is 0 Å². The maximum atomic E-state index is 6.47. The normalized spacial score (nSPS) is 11.7. The molecular formula is C58H37NO. The molecule has 280 valence electrons. The molecule has 11 aromatic carbocycles. The lowest BCUT2D eigenvalue weighted by Gasteiger charge is -2.29. The number of para-hydroxylation sites is 2. The molecule has 12 aromatic rings. The van der Waals surface area contributed by atoms with Crippen molar-refractivity contribution in [3.05, 3.63) is 224 Å². The number of hydrogen-bond donors (Lipinski definition) is 0. The van der Waals surface area contributed by atoms with Gasteiger partial charge in [0, 0.05) is 16.6 Å². The average molecular weight is 764 g/mol. The minimum atomic E-state index is 0.863. The number of hydrogen-bond acceptors (Lipinski definition) is 2. The molecule has 60 heavy (non-hydrogen) atoms. The summed E-state index contributed by atoms with van der Waals surface area (Å²) in [5.74, 6) is 0. The first-order chi connectivity index (χ1) is 29.8. The fourth-order valence-electron chi connectivity index (χ4n) is 9.48. The van der Waals surface area contributed by atoms with E-state index in [9.17, 15) is 0 Å². The van der Waals surface area contributed by atoms with Crippen molar-refractivity contribution in [3.8, 4) is 33.4 Å². The van der Waals surface area contributed by atoms with E-state index >= 15 is 0 Å². The topological polar surface area (TPSA) is 16.4 Å². The van der Waals surface area contributed by atoms with Crippen LogP contribution in [0.25, 0.3) is 98.4 Å². The number of nitrogens with zero attached hydrogens (tertiary/aromatic N) is 1. The van der Waals surface area contributed by atoms with E-state index in [0.29, 0.717) is 0 Å². The molecule has 0 saturated heterocycles. The molecule has 0 aliphatic heterocycles. The van der Waals surface area contributed by atoms with Crippen LogP contribution in [0.3, 0.4) is 0 Å². The van der Waals surface area contributed by atoms with Crippen LogP contribution in [0.5, 0.6) is 0 Å². The first-order valence-electron chi connectivity index (χ1n) is 20.6. The van der Waals surface area contributed by atoms with Crippen LogP contribution in [0, 0.1) is 0 Å². The second kappa shape index (κ2) is 13.9. The van der Waals surface area contributed by atoms with Crippen LogP contribution < -0.4 is 4.90 Å². The number of fused-ring (bicyclic) bond motifs is 10. The minimum Gasteiger partial charge on any atom is -0.456 e. The van der Waals surface area contributed by atoms with E-state index in [4.69, 9.17) is 4.42 Å². The highest BCUT2D eigenvalue weighted by Gasteiger charge is 2.22. The molecular weight excluding hydrogens is 727 g/mol. The molecule has 0 saturated carbocycles. The first-order valence-corrected chi connectivity index (χ1v) is 20.6. The molecule has 0 aliphatic rings. The zero-order valence-electron chi connectivity index (χ0n) is 32.7. The highest BCUT2D eigenvalue weighted by atomic mass is 16.3. The fourth-order valence-corrected chi connectivity index (χ4v) is 9.48. The smallest absolute Gasteiger partial charge is 0.137 e. The van der Waals surface area contributed by atoms with Crippen molar-refractivity contribution in [2.24, 2.45) is 0 Å². The van der Waals surface area contributed by atoms with E-state index in [0.717, 1.165) is 50.1 Å². The monoisotopic (exact) mass is 763 g/mol. The summed E-state index contributed by atoms with van der Waals surface area (Å²) in [6.45, 7) is 0. The van der Waals surface area contributed by atoms with Crippen LogP contribution in [0.1, 0.15) is 0 Å². The summed E-state index contributed by atoms with van der Waals surface area (Å²) in [6, 6.07) is 81.3. The molecule has 2 nitrogen and oxygen atoms in total. The van der Waals surface area contributed by atoms with Gasteiger partial charge in [-0.25, -0.2) is 0 Å². The van der Waals surface area contributed by atoms with Crippen molar-refractivity contribution >= 4 is 82.1 Å². The third-order valence-electron chi connectivity index (χ3n) is 12.2. The third-order valence-corrected chi connectivity index (χ3v) is 12.2. The van der Waals surface area contributed by atoms with Gasteiger partial charge in [0.05, 0.1) is 16.8 Å². The summed E-state index contributed by atoms with van der Waals surface area (Å²) in [7, 11) is 0. The highest BCUT2D eigenvalue weighted by molar-refractivity contribution is 6.25. The Balaban J connectivity index is 1.03. The van der Waals surface area contributed by atoms with Crippen LogP contribution in [0.2, 0.25) is 0 Å². The number of furan rings is 1. The SMILES string of the molecule is c1cc(-c2ccccc2N(c2ccc(-c3ccc4c5ccccc5c5ccccc5c4c3)cc2)c2cccc3oc4ccccc4c23)cc(-c2cccc3ccccc23)c1. The van der Waals surface area contributed by atoms with Crippen LogP contribution in [0.15, 0.2) is 229 Å². The maximum absolute atomic E-state index is 6.47. The van der Waals surface area contributed by atoms with E-state index in [1.807, 2.05) is 6.07 Å². The van der Waals surface area contributed by atoms with Gasteiger partial charge >= 0.3 is 0 Å². The zero-order valence-corrected chi connectivity index (χ0v) is 32.7. The van der Waals surface area contributed by atoms with E-state index in [1.54, 1.807) is 0 Å². The van der Waals surface area contributed by atoms with Gasteiger partial charge in [-0.1, -0.05) is 176 Å². The van der Waals surface area contributed by atoms with Gasteiger partial charge in [-0.3, -0.25) is 0 Å². The molecule has 0 aliphatic carbocycles. The summed E-state index contributed by atoms with van der Waals surface area (Å²) < 4.78 is 6.47. The second-order valence-electron chi connectivity index (χ2n) is 15.6. The van der Waals surface area contributed by atoms with Crippen LogP contribution in [0.4, 0.5) is 17.1 Å². The van der Waals surface area contributed by atoms with Crippen LogP contribution in [-0.4, -0.2) is 0 Å². The molecule has 0 N–H and O–H groups in total. The molecule has 2 heteroatoms. The third kappa shape index (κ3) is 5.50. The van der Waals surface area contributed by atoms with E-state index in [2.05, 4.69) is 223 Å². The molecule has 0 atom stereocenters. The van der Waals surface area contributed by atoms with Gasteiger partial charge in [0.1, 0.15) is 11.2 Å². The van der Waals surface area contributed by atoms with Crippen molar-refractivity contribution in [1.82, 2.24) is 0 Å². The Morgan fingerprint density at radius 1 is 0.283 bits per heavy atom. The quantitative estimate of drug-likeness (QED) is 0.157. The Morgan fingerprint density at radius 2 is 0.800 bits per heavy atom. The lowest BCUT2D eigenvalue weighted by molar-refractivity contribution is 0.669. The average Bonchev–Trinajstić information content (AvgIpc) is 3.71. The number of anilines is 3. The summed E-state index contributed by atoms with van der Waals surface area (Å²) in [4.78, 5) is 2.41. The minimum absolute atomic E-state index is 0.863. The first kappa shape index (κ1) is 34.1. The van der Waals surface area contributed by atoms with E-state index in [-0.39, 0.29) is 0 Å². The summed E-state index contributed by atoms with van der Waals surface area (Å²) in [5, 5.41) is 12.3. The van der Waals surface area contributed by atoms with Crippen LogP contribution in [-0.2, 0) is 0 Å². The molecule has 1 heterocycles. The van der Waals surface area contributed by atoms with Crippen molar-refractivity contribution in [2.75, 3.05) is 4.90 Å². The molecule has 12 rings (SSSR count). The predicted octanol–water partition coefficient (Wildman–Crippen LogP) is 16.7. The molecule has 0 amide bonds. The molecule has 0 radical (unpaired) electrons. The van der Waals surface area contributed by atoms with Gasteiger partial charge in [0.15, 0.2) is 0 Å². The van der Waals surface area contributed by atoms with Crippen molar-refractivity contribution in [3.63, 3.8) is 0 Å². The summed E-state index contributed by atoms with van der Waals surface area (Å²) in [6.07, 6.45) is 0. The Hall–Kier alpha value is -7.94. The summed E-state index contributed by atoms with van der Waals surface area (Å²) >= 11 is 0. The highest BCUT2D eigenvalue weighted by Crippen LogP contribution is 2.47. The van der Waals surface area contributed by atoms with Crippen molar-refractivity contribution in [1.29, 1.82) is 0 Å². The molecule has 0 unspecified atom stereocenters. The number of benzene rings is 11.